The maximum absolute atomic E-state index is 13.3. The van der Waals surface area contributed by atoms with Crippen LogP contribution in [0.1, 0.15) is 32.3 Å². The Morgan fingerprint density at radius 3 is 2.37 bits per heavy atom. The van der Waals surface area contributed by atoms with Gasteiger partial charge >= 0.3 is 0 Å². The molecule has 0 aromatic heterocycles. The predicted molar refractivity (Wildman–Crippen MR) is 78.1 cm³/mol. The lowest BCUT2D eigenvalue weighted by Crippen LogP contribution is -2.53. The predicted octanol–water partition coefficient (Wildman–Crippen LogP) is 3.50. The van der Waals surface area contributed by atoms with Crippen molar-refractivity contribution < 1.29 is 9.50 Å². The van der Waals surface area contributed by atoms with Gasteiger partial charge in [0.25, 0.3) is 0 Å². The number of benzene rings is 1. The summed E-state index contributed by atoms with van der Waals surface area (Å²) in [6.07, 6.45) is 1.42. The molecule has 0 aliphatic heterocycles. The molecule has 1 rings (SSSR count). The molecule has 4 heteroatoms. The molecule has 0 aliphatic carbocycles. The molecule has 0 amide bonds. The van der Waals surface area contributed by atoms with Gasteiger partial charge in [-0.25, -0.2) is 4.39 Å². The molecule has 1 unspecified atom stereocenters. The van der Waals surface area contributed by atoms with Crippen LogP contribution in [0.3, 0.4) is 0 Å². The Morgan fingerprint density at radius 1 is 1.32 bits per heavy atom. The fourth-order valence-electron chi connectivity index (χ4n) is 2.75. The largest absolute Gasteiger partial charge is 0.391 e. The van der Waals surface area contributed by atoms with E-state index in [4.69, 9.17) is 11.6 Å². The van der Waals surface area contributed by atoms with Crippen molar-refractivity contribution in [3.63, 3.8) is 0 Å². The number of hydrogen-bond acceptors (Lipinski definition) is 2. The second-order valence-electron chi connectivity index (χ2n) is 5.16. The van der Waals surface area contributed by atoms with Gasteiger partial charge in [0.05, 0.1) is 6.10 Å². The number of aliphatic hydroxyl groups excluding tert-OH is 1. The lowest BCUT2D eigenvalue weighted by atomic mass is 9.82. The second-order valence-corrected chi connectivity index (χ2v) is 5.57. The number of aliphatic hydroxyl groups is 1. The van der Waals surface area contributed by atoms with Crippen LogP contribution in [-0.2, 0) is 6.42 Å². The SMILES string of the molecule is CCC(CC)(C(O)Cc1cc(F)ccc1Cl)N(C)C. The van der Waals surface area contributed by atoms with E-state index in [-0.39, 0.29) is 11.4 Å². The van der Waals surface area contributed by atoms with E-state index in [0.717, 1.165) is 12.8 Å². The smallest absolute Gasteiger partial charge is 0.123 e. The zero-order valence-electron chi connectivity index (χ0n) is 12.1. The van der Waals surface area contributed by atoms with Gasteiger partial charge in [0.1, 0.15) is 5.82 Å². The molecule has 1 aromatic rings. The van der Waals surface area contributed by atoms with Crippen molar-refractivity contribution in [1.82, 2.24) is 4.90 Å². The zero-order chi connectivity index (χ0) is 14.6. The normalized spacial score (nSPS) is 13.9. The van der Waals surface area contributed by atoms with Gasteiger partial charge in [-0.3, -0.25) is 0 Å². The van der Waals surface area contributed by atoms with Crippen molar-refractivity contribution in [1.29, 1.82) is 0 Å². The maximum atomic E-state index is 13.3. The van der Waals surface area contributed by atoms with Gasteiger partial charge in [-0.1, -0.05) is 25.4 Å². The van der Waals surface area contributed by atoms with E-state index in [1.54, 1.807) is 0 Å². The summed E-state index contributed by atoms with van der Waals surface area (Å²) in [5, 5.41) is 11.1. The molecule has 0 heterocycles. The van der Waals surface area contributed by atoms with E-state index in [9.17, 15) is 9.50 Å². The first-order valence-electron chi connectivity index (χ1n) is 6.66. The van der Waals surface area contributed by atoms with E-state index < -0.39 is 6.10 Å². The van der Waals surface area contributed by atoms with Crippen LogP contribution < -0.4 is 0 Å². The minimum absolute atomic E-state index is 0.310. The Bertz CT molecular complexity index is 419. The summed E-state index contributed by atoms with van der Waals surface area (Å²) in [5.74, 6) is -0.324. The van der Waals surface area contributed by atoms with Crippen LogP contribution in [-0.4, -0.2) is 35.7 Å². The van der Waals surface area contributed by atoms with Crippen LogP contribution in [0.2, 0.25) is 5.02 Å². The Morgan fingerprint density at radius 2 is 1.89 bits per heavy atom. The highest BCUT2D eigenvalue weighted by molar-refractivity contribution is 6.31. The lowest BCUT2D eigenvalue weighted by Gasteiger charge is -2.42. The third kappa shape index (κ3) is 3.47. The number of halogens is 2. The molecular formula is C15H23ClFNO. The third-order valence-electron chi connectivity index (χ3n) is 4.16. The summed E-state index contributed by atoms with van der Waals surface area (Å²) in [4.78, 5) is 2.05. The first-order chi connectivity index (χ1) is 8.87. The molecule has 1 N–H and O–H groups in total. The molecule has 0 radical (unpaired) electrons. The van der Waals surface area contributed by atoms with E-state index >= 15 is 0 Å². The molecule has 1 atom stereocenters. The summed E-state index contributed by atoms with van der Waals surface area (Å²) >= 11 is 6.06. The van der Waals surface area contributed by atoms with Gasteiger partial charge in [-0.05, 0) is 50.7 Å². The topological polar surface area (TPSA) is 23.5 Å². The van der Waals surface area contributed by atoms with Crippen LogP contribution in [0, 0.1) is 5.82 Å². The van der Waals surface area contributed by atoms with Gasteiger partial charge < -0.3 is 10.0 Å². The first kappa shape index (κ1) is 16.4. The van der Waals surface area contributed by atoms with Crippen molar-refractivity contribution in [2.45, 2.75) is 44.8 Å². The van der Waals surface area contributed by atoms with Crippen LogP contribution in [0.15, 0.2) is 18.2 Å². The highest BCUT2D eigenvalue weighted by atomic mass is 35.5. The maximum Gasteiger partial charge on any atom is 0.123 e. The number of rotatable bonds is 6. The minimum Gasteiger partial charge on any atom is -0.391 e. The van der Waals surface area contributed by atoms with Crippen LogP contribution >= 0.6 is 11.6 Å². The van der Waals surface area contributed by atoms with Gasteiger partial charge in [0, 0.05) is 17.0 Å². The average molecular weight is 288 g/mol. The molecule has 19 heavy (non-hydrogen) atoms. The monoisotopic (exact) mass is 287 g/mol. The molecule has 1 aromatic carbocycles. The van der Waals surface area contributed by atoms with Gasteiger partial charge in [-0.2, -0.15) is 0 Å². The van der Waals surface area contributed by atoms with E-state index in [2.05, 4.69) is 13.8 Å². The van der Waals surface area contributed by atoms with E-state index in [0.29, 0.717) is 17.0 Å². The first-order valence-corrected chi connectivity index (χ1v) is 7.04. The molecule has 0 fully saturated rings. The van der Waals surface area contributed by atoms with E-state index in [1.807, 2.05) is 19.0 Å². The lowest BCUT2D eigenvalue weighted by molar-refractivity contribution is -0.0125. The van der Waals surface area contributed by atoms with Gasteiger partial charge in [0.15, 0.2) is 0 Å². The van der Waals surface area contributed by atoms with Gasteiger partial charge in [-0.15, -0.1) is 0 Å². The fourth-order valence-corrected chi connectivity index (χ4v) is 2.94. The van der Waals surface area contributed by atoms with Crippen LogP contribution in [0.5, 0.6) is 0 Å². The molecular weight excluding hydrogens is 265 g/mol. The minimum atomic E-state index is -0.586. The summed E-state index contributed by atoms with van der Waals surface area (Å²) in [5.41, 5.74) is 0.345. The molecule has 0 spiro atoms. The summed E-state index contributed by atoms with van der Waals surface area (Å²) in [7, 11) is 3.92. The molecule has 108 valence electrons. The van der Waals surface area contributed by atoms with Crippen molar-refractivity contribution in [2.75, 3.05) is 14.1 Å². The summed E-state index contributed by atoms with van der Waals surface area (Å²) < 4.78 is 13.3. The Kier molecular flexibility index (Phi) is 5.78. The Labute approximate surface area is 120 Å². The number of nitrogens with zero attached hydrogens (tertiary/aromatic N) is 1. The van der Waals surface area contributed by atoms with Crippen molar-refractivity contribution in [3.05, 3.63) is 34.6 Å². The van der Waals surface area contributed by atoms with Crippen LogP contribution in [0.4, 0.5) is 4.39 Å². The zero-order valence-corrected chi connectivity index (χ0v) is 12.8. The fraction of sp³-hybridized carbons (Fsp3) is 0.600. The summed E-state index contributed by atoms with van der Waals surface area (Å²) in [6, 6.07) is 4.27. The molecule has 0 aliphatic rings. The molecule has 0 bridgehead atoms. The van der Waals surface area contributed by atoms with Crippen molar-refractivity contribution in [2.24, 2.45) is 0 Å². The Hall–Kier alpha value is -0.640. The second kappa shape index (κ2) is 6.69. The Balaban J connectivity index is 2.99. The number of likely N-dealkylation sites (N-methyl/N-ethyl adjacent to an activating group) is 1. The quantitative estimate of drug-likeness (QED) is 0.865. The van der Waals surface area contributed by atoms with Gasteiger partial charge in [0.2, 0.25) is 0 Å². The molecule has 2 nitrogen and oxygen atoms in total. The van der Waals surface area contributed by atoms with E-state index in [1.165, 1.54) is 18.2 Å². The summed E-state index contributed by atoms with van der Waals surface area (Å²) in [6.45, 7) is 4.11. The number of hydrogen-bond donors (Lipinski definition) is 1. The molecule has 0 saturated heterocycles. The van der Waals surface area contributed by atoms with Crippen molar-refractivity contribution in [3.8, 4) is 0 Å². The van der Waals surface area contributed by atoms with Crippen molar-refractivity contribution >= 4 is 11.6 Å². The average Bonchev–Trinajstić information content (AvgIpc) is 2.35. The van der Waals surface area contributed by atoms with Crippen LogP contribution in [0.25, 0.3) is 0 Å². The standard InChI is InChI=1S/C15H23ClFNO/c1-5-15(6-2,18(3)4)14(19)10-11-9-12(17)7-8-13(11)16/h7-9,14,19H,5-6,10H2,1-4H3. The molecule has 0 saturated carbocycles. The highest BCUT2D eigenvalue weighted by Gasteiger charge is 2.36. The highest BCUT2D eigenvalue weighted by Crippen LogP contribution is 2.29. The third-order valence-corrected chi connectivity index (χ3v) is 4.53.